The van der Waals surface area contributed by atoms with Crippen molar-refractivity contribution in [2.75, 3.05) is 0 Å². The van der Waals surface area contributed by atoms with E-state index in [9.17, 15) is 0 Å². The molecule has 18 heavy (non-hydrogen) atoms. The van der Waals surface area contributed by atoms with E-state index >= 15 is 0 Å². The minimum atomic E-state index is 0.522. The first kappa shape index (κ1) is 9.83. The van der Waals surface area contributed by atoms with E-state index < -0.39 is 0 Å². The Hall–Kier alpha value is -1.04. The van der Waals surface area contributed by atoms with Crippen molar-refractivity contribution in [3.05, 3.63) is 46.3 Å². The predicted molar refractivity (Wildman–Crippen MR) is 81.5 cm³/mol. The van der Waals surface area contributed by atoms with Crippen molar-refractivity contribution in [2.24, 2.45) is 0 Å². The van der Waals surface area contributed by atoms with E-state index in [2.05, 4.69) is 46.3 Å². The number of rotatable bonds is 0. The van der Waals surface area contributed by atoms with Crippen LogP contribution in [0.5, 0.6) is 0 Å². The second-order valence-corrected chi connectivity index (χ2v) is 8.48. The van der Waals surface area contributed by atoms with Crippen molar-refractivity contribution in [2.45, 2.75) is 0 Å². The van der Waals surface area contributed by atoms with Gasteiger partial charge in [-0.3, -0.25) is 0 Å². The van der Waals surface area contributed by atoms with Crippen molar-refractivity contribution in [3.63, 3.8) is 0 Å². The summed E-state index contributed by atoms with van der Waals surface area (Å²) in [6.07, 6.45) is 0. The normalized spacial score (nSPS) is 12.4. The molecule has 0 unspecified atom stereocenters. The van der Waals surface area contributed by atoms with E-state index in [1.54, 1.807) is 8.52 Å². The van der Waals surface area contributed by atoms with E-state index in [0.717, 1.165) is 0 Å². The topological polar surface area (TPSA) is 0 Å². The van der Waals surface area contributed by atoms with Gasteiger partial charge in [0.2, 0.25) is 0 Å². The molecule has 0 bridgehead atoms. The molecule has 2 heteroatoms. The molecule has 2 aromatic heterocycles. The fourth-order valence-corrected chi connectivity index (χ4v) is 7.15. The minimum absolute atomic E-state index is 0.522. The van der Waals surface area contributed by atoms with Crippen molar-refractivity contribution >= 4 is 69.8 Å². The monoisotopic (exact) mass is 360 g/mol. The van der Waals surface area contributed by atoms with Gasteiger partial charge in [0.05, 0.1) is 0 Å². The van der Waals surface area contributed by atoms with Gasteiger partial charge in [0, 0.05) is 0 Å². The van der Waals surface area contributed by atoms with Gasteiger partial charge in [0.15, 0.2) is 0 Å². The van der Waals surface area contributed by atoms with Crippen LogP contribution in [0.25, 0.3) is 40.8 Å². The molecule has 2 heterocycles. The van der Waals surface area contributed by atoms with E-state index in [1.807, 2.05) is 0 Å². The summed E-state index contributed by atoms with van der Waals surface area (Å²) in [6.45, 7) is 0. The van der Waals surface area contributed by atoms with Crippen molar-refractivity contribution < 1.29 is 0 Å². The summed E-state index contributed by atoms with van der Waals surface area (Å²) in [4.78, 5) is 4.94. The van der Waals surface area contributed by atoms with E-state index in [1.165, 1.54) is 32.3 Å². The van der Waals surface area contributed by atoms with Gasteiger partial charge in [-0.1, -0.05) is 0 Å². The van der Waals surface area contributed by atoms with Gasteiger partial charge in [-0.05, 0) is 0 Å². The van der Waals surface area contributed by atoms with E-state index in [-0.39, 0.29) is 0 Å². The summed E-state index contributed by atoms with van der Waals surface area (Å²) in [6, 6.07) is 13.7. The summed E-state index contributed by atoms with van der Waals surface area (Å²) >= 11 is 1.04. The first-order valence-electron chi connectivity index (χ1n) is 5.95. The summed E-state index contributed by atoms with van der Waals surface area (Å²) in [5.74, 6) is 0. The molecule has 5 rings (SSSR count). The third-order valence-corrected chi connectivity index (χ3v) is 7.76. The van der Waals surface area contributed by atoms with Crippen molar-refractivity contribution in [3.8, 4) is 0 Å². The van der Waals surface area contributed by atoms with Gasteiger partial charge in [-0.2, -0.15) is 0 Å². The Labute approximate surface area is 116 Å². The summed E-state index contributed by atoms with van der Waals surface area (Å²) < 4.78 is 3.12. The average Bonchev–Trinajstić information content (AvgIpc) is 3.01. The van der Waals surface area contributed by atoms with Crippen molar-refractivity contribution in [1.82, 2.24) is 0 Å². The molecule has 84 valence electrons. The van der Waals surface area contributed by atoms with Gasteiger partial charge in [0.25, 0.3) is 0 Å². The zero-order valence-corrected chi connectivity index (χ0v) is 12.9. The molecule has 0 atom stereocenters. The molecular weight excluding hydrogens is 350 g/mol. The Morgan fingerprint density at radius 1 is 0.556 bits per heavy atom. The molecule has 0 spiro atoms. The van der Waals surface area contributed by atoms with Crippen LogP contribution in [0.1, 0.15) is 0 Å². The first-order valence-corrected chi connectivity index (χ1v) is 9.64. The number of hydrogen-bond acceptors (Lipinski definition) is 0. The molecule has 0 amide bonds. The van der Waals surface area contributed by atoms with Crippen LogP contribution in [0, 0.1) is 0 Å². The molecule has 0 saturated heterocycles. The number of fused-ring (bicyclic) bond motifs is 2. The molecule has 0 nitrogen and oxygen atoms in total. The second kappa shape index (κ2) is 3.29. The maximum atomic E-state index is 2.47. The maximum absolute atomic E-state index is 2.47. The zero-order chi connectivity index (χ0) is 11.7. The van der Waals surface area contributed by atoms with Gasteiger partial charge >= 0.3 is 116 Å². The summed E-state index contributed by atoms with van der Waals surface area (Å²) in [5.41, 5.74) is 0. The Kier molecular flexibility index (Phi) is 1.80. The Morgan fingerprint density at radius 2 is 1.06 bits per heavy atom. The SMILES string of the molecule is c1cc2[se]cc3c4cccc5[se]cc(c(c1)c23)c54. The van der Waals surface area contributed by atoms with Crippen LogP contribution >= 0.6 is 0 Å². The quantitative estimate of drug-likeness (QED) is 0.291. The standard InChI is InChI=1S/C16H8Se2/c1-3-9-11-7-18-14-6-2-4-10(16(11)14)12-8-17-13(5-1)15(9)12/h1-8H. The number of benzene rings is 3. The Balaban J connectivity index is 2.35. The van der Waals surface area contributed by atoms with Gasteiger partial charge < -0.3 is 0 Å². The molecule has 0 radical (unpaired) electrons. The van der Waals surface area contributed by atoms with Crippen LogP contribution < -0.4 is 0 Å². The van der Waals surface area contributed by atoms with Gasteiger partial charge in [-0.15, -0.1) is 0 Å². The fraction of sp³-hybridized carbons (Fsp3) is 0. The van der Waals surface area contributed by atoms with Crippen LogP contribution in [-0.2, 0) is 0 Å². The molecule has 0 aliphatic rings. The molecule has 0 N–H and O–H groups in total. The predicted octanol–water partition coefficient (Wildman–Crippen LogP) is 3.85. The van der Waals surface area contributed by atoms with Crippen LogP contribution in [0.2, 0.25) is 0 Å². The third-order valence-electron chi connectivity index (χ3n) is 3.78. The van der Waals surface area contributed by atoms with Crippen molar-refractivity contribution in [1.29, 1.82) is 0 Å². The van der Waals surface area contributed by atoms with Crippen LogP contribution in [0.3, 0.4) is 0 Å². The van der Waals surface area contributed by atoms with Crippen LogP contribution in [0.15, 0.2) is 46.3 Å². The molecule has 0 saturated carbocycles. The fourth-order valence-electron chi connectivity index (χ4n) is 3.02. The Morgan fingerprint density at radius 3 is 1.56 bits per heavy atom. The van der Waals surface area contributed by atoms with E-state index in [4.69, 9.17) is 0 Å². The van der Waals surface area contributed by atoms with E-state index in [0.29, 0.717) is 29.0 Å². The molecule has 0 aliphatic carbocycles. The molecule has 0 fully saturated rings. The summed E-state index contributed by atoms with van der Waals surface area (Å²) in [5, 5.41) is 9.05. The molecule has 5 aromatic rings. The number of hydrogen-bond donors (Lipinski definition) is 0. The first-order chi connectivity index (χ1) is 8.93. The summed E-state index contributed by atoms with van der Waals surface area (Å²) in [7, 11) is 0. The molecular formula is C16H8Se2. The molecule has 0 aliphatic heterocycles. The average molecular weight is 358 g/mol. The second-order valence-electron chi connectivity index (χ2n) is 4.66. The van der Waals surface area contributed by atoms with Gasteiger partial charge in [0.1, 0.15) is 0 Å². The third kappa shape index (κ3) is 1.04. The Bertz CT molecular complexity index is 932. The van der Waals surface area contributed by atoms with Crippen LogP contribution in [0.4, 0.5) is 0 Å². The molecule has 3 aromatic carbocycles. The zero-order valence-electron chi connectivity index (χ0n) is 9.44. The van der Waals surface area contributed by atoms with Gasteiger partial charge in [-0.25, -0.2) is 0 Å². The van der Waals surface area contributed by atoms with Crippen LogP contribution in [-0.4, -0.2) is 29.0 Å².